The number of aromatic nitrogens is 2. The van der Waals surface area contributed by atoms with Crippen LogP contribution in [0, 0.1) is 11.3 Å². The van der Waals surface area contributed by atoms with Crippen molar-refractivity contribution in [2.45, 2.75) is 28.7 Å². The van der Waals surface area contributed by atoms with Gasteiger partial charge in [-0.1, -0.05) is 11.8 Å². The first kappa shape index (κ1) is 23.5. The van der Waals surface area contributed by atoms with Crippen LogP contribution in [0.4, 0.5) is 19.1 Å². The van der Waals surface area contributed by atoms with Crippen molar-refractivity contribution in [1.82, 2.24) is 15.3 Å². The molecule has 1 unspecified atom stereocenters. The number of esters is 1. The first-order valence-corrected chi connectivity index (χ1v) is 9.46. The summed E-state index contributed by atoms with van der Waals surface area (Å²) in [5.41, 5.74) is 5.63. The van der Waals surface area contributed by atoms with E-state index in [-0.39, 0.29) is 22.3 Å². The summed E-state index contributed by atoms with van der Waals surface area (Å²) in [5.74, 6) is -4.72. The van der Waals surface area contributed by atoms with E-state index in [1.54, 1.807) is 6.26 Å². The zero-order valence-corrected chi connectivity index (χ0v) is 16.1. The molecule has 152 valence electrons. The van der Waals surface area contributed by atoms with Gasteiger partial charge in [0.05, 0.1) is 12.9 Å². The molecule has 0 aliphatic carbocycles. The second-order valence-electron chi connectivity index (χ2n) is 4.96. The normalized spacial score (nSPS) is 12.0. The van der Waals surface area contributed by atoms with Gasteiger partial charge in [0.1, 0.15) is 33.5 Å². The average Bonchev–Trinajstić information content (AvgIpc) is 2.63. The Bertz CT molecular complexity index is 813. The molecule has 0 fully saturated rings. The van der Waals surface area contributed by atoms with Crippen LogP contribution >= 0.6 is 23.5 Å². The molecule has 1 rings (SSSR count). The lowest BCUT2D eigenvalue weighted by Gasteiger charge is -2.16. The van der Waals surface area contributed by atoms with E-state index in [4.69, 9.17) is 5.73 Å². The molecule has 0 bridgehead atoms. The van der Waals surface area contributed by atoms with E-state index in [0.717, 1.165) is 30.6 Å². The van der Waals surface area contributed by atoms with Crippen molar-refractivity contribution in [3.8, 4) is 6.07 Å². The van der Waals surface area contributed by atoms with Crippen molar-refractivity contribution >= 4 is 47.1 Å². The smallest absolute Gasteiger partial charge is 0.467 e. The number of anilines is 1. The van der Waals surface area contributed by atoms with Crippen LogP contribution < -0.4 is 11.1 Å². The molecule has 0 aromatic carbocycles. The first-order valence-electron chi connectivity index (χ1n) is 7.25. The number of nitrogens with zero attached hydrogens (tertiary/aromatic N) is 3. The number of ether oxygens (including phenoxy) is 1. The zero-order valence-electron chi connectivity index (χ0n) is 14.5. The number of rotatable bonds is 8. The van der Waals surface area contributed by atoms with Gasteiger partial charge >= 0.3 is 18.1 Å². The van der Waals surface area contributed by atoms with Crippen molar-refractivity contribution in [2.24, 2.45) is 0 Å². The molecule has 0 saturated carbocycles. The quantitative estimate of drug-likeness (QED) is 0.342. The predicted octanol–water partition coefficient (Wildman–Crippen LogP) is 0.924. The molecule has 0 saturated heterocycles. The van der Waals surface area contributed by atoms with Crippen molar-refractivity contribution in [1.29, 1.82) is 5.26 Å². The summed E-state index contributed by atoms with van der Waals surface area (Å²) >= 11 is 1.95. The van der Waals surface area contributed by atoms with E-state index in [2.05, 4.69) is 14.7 Å². The summed E-state index contributed by atoms with van der Waals surface area (Å²) in [4.78, 5) is 42.4. The van der Waals surface area contributed by atoms with Gasteiger partial charge < -0.3 is 15.8 Å². The summed E-state index contributed by atoms with van der Waals surface area (Å²) < 4.78 is 41.4. The molecule has 0 aliphatic heterocycles. The third-order valence-electron chi connectivity index (χ3n) is 3.02. The molecule has 1 heterocycles. The largest absolute Gasteiger partial charge is 0.471 e. The molecule has 0 aliphatic rings. The Morgan fingerprint density at radius 3 is 2.43 bits per heavy atom. The van der Waals surface area contributed by atoms with E-state index in [9.17, 15) is 32.8 Å². The topological polar surface area (TPSA) is 148 Å². The van der Waals surface area contributed by atoms with E-state index in [0.29, 0.717) is 5.03 Å². The van der Waals surface area contributed by atoms with Crippen LogP contribution in [0.15, 0.2) is 10.1 Å². The molecule has 9 nitrogen and oxygen atoms in total. The lowest BCUT2D eigenvalue weighted by molar-refractivity contribution is -0.175. The maximum atomic E-state index is 12.4. The SMILES string of the molecule is COC(=O)C(CC(=O)CSc1nc(N)nc(SC)c1C#N)NC(=O)C(F)(F)F. The van der Waals surface area contributed by atoms with Gasteiger partial charge in [0.2, 0.25) is 5.95 Å². The van der Waals surface area contributed by atoms with Crippen molar-refractivity contribution in [2.75, 3.05) is 24.9 Å². The van der Waals surface area contributed by atoms with Crippen LogP contribution in [-0.2, 0) is 19.1 Å². The van der Waals surface area contributed by atoms with E-state index in [1.807, 2.05) is 6.07 Å². The number of halogens is 3. The minimum atomic E-state index is -5.22. The Morgan fingerprint density at radius 1 is 1.32 bits per heavy atom. The lowest BCUT2D eigenvalue weighted by atomic mass is 10.1. The molecular weight excluding hydrogens is 423 g/mol. The molecule has 0 spiro atoms. The van der Waals surface area contributed by atoms with Crippen molar-refractivity contribution < 1.29 is 32.3 Å². The number of hydrogen-bond donors (Lipinski definition) is 2. The molecule has 1 amide bonds. The number of nitriles is 1. The van der Waals surface area contributed by atoms with Crippen LogP contribution in [0.5, 0.6) is 0 Å². The Hall–Kier alpha value is -2.53. The number of hydrogen-bond acceptors (Lipinski definition) is 10. The molecule has 1 aromatic rings. The summed E-state index contributed by atoms with van der Waals surface area (Å²) in [6.07, 6.45) is -4.30. The maximum absolute atomic E-state index is 12.4. The Morgan fingerprint density at radius 2 is 1.93 bits per heavy atom. The molecular formula is C14H14F3N5O4S2. The van der Waals surface area contributed by atoms with Gasteiger partial charge in [-0.05, 0) is 6.26 Å². The second kappa shape index (κ2) is 10.1. The van der Waals surface area contributed by atoms with Crippen LogP contribution in [-0.4, -0.2) is 59.0 Å². The number of alkyl halides is 3. The number of nitrogens with two attached hydrogens (primary N) is 1. The monoisotopic (exact) mass is 437 g/mol. The van der Waals surface area contributed by atoms with Gasteiger partial charge in [0, 0.05) is 6.42 Å². The summed E-state index contributed by atoms with van der Waals surface area (Å²) in [6.45, 7) is 0. The lowest BCUT2D eigenvalue weighted by Crippen LogP contribution is -2.48. The molecule has 0 radical (unpaired) electrons. The number of nitrogen functional groups attached to an aromatic ring is 1. The number of nitrogens with one attached hydrogen (secondary N) is 1. The third kappa shape index (κ3) is 6.57. The molecule has 1 aromatic heterocycles. The van der Waals surface area contributed by atoms with Crippen LogP contribution in [0.25, 0.3) is 0 Å². The minimum absolute atomic E-state index is 0.0920. The average molecular weight is 437 g/mol. The van der Waals surface area contributed by atoms with E-state index in [1.165, 1.54) is 5.32 Å². The third-order valence-corrected chi connectivity index (χ3v) is 4.73. The summed E-state index contributed by atoms with van der Waals surface area (Å²) in [6, 6.07) is 0.0816. The number of carbonyl (C=O) groups excluding carboxylic acids is 3. The number of amides is 1. The fourth-order valence-corrected chi connectivity index (χ4v) is 3.25. The summed E-state index contributed by atoms with van der Waals surface area (Å²) in [5, 5.41) is 11.0. The Kier molecular flexibility index (Phi) is 8.51. The highest BCUT2D eigenvalue weighted by molar-refractivity contribution is 8.00. The fourth-order valence-electron chi connectivity index (χ4n) is 1.80. The fraction of sp³-hybridized carbons (Fsp3) is 0.429. The second-order valence-corrected chi connectivity index (χ2v) is 6.72. The minimum Gasteiger partial charge on any atom is -0.467 e. The van der Waals surface area contributed by atoms with E-state index >= 15 is 0 Å². The molecule has 3 N–H and O–H groups in total. The predicted molar refractivity (Wildman–Crippen MR) is 93.3 cm³/mol. The van der Waals surface area contributed by atoms with Crippen molar-refractivity contribution in [3.63, 3.8) is 0 Å². The van der Waals surface area contributed by atoms with Gasteiger partial charge in [-0.2, -0.15) is 18.4 Å². The zero-order chi connectivity index (χ0) is 21.5. The molecule has 28 heavy (non-hydrogen) atoms. The highest BCUT2D eigenvalue weighted by atomic mass is 32.2. The first-order chi connectivity index (χ1) is 13.0. The van der Waals surface area contributed by atoms with Crippen LogP contribution in [0.2, 0.25) is 0 Å². The van der Waals surface area contributed by atoms with Crippen molar-refractivity contribution in [3.05, 3.63) is 5.56 Å². The Labute approximate surface area is 165 Å². The molecule has 1 atom stereocenters. The van der Waals surface area contributed by atoms with Gasteiger partial charge in [-0.15, -0.1) is 11.8 Å². The highest BCUT2D eigenvalue weighted by Crippen LogP contribution is 2.28. The number of methoxy groups -OCH3 is 1. The standard InChI is InChI=1S/C14H14F3N5O4S2/c1-26-11(24)8(20-12(25)14(15,16)17)3-6(23)5-28-10-7(4-18)9(27-2)21-13(19)22-10/h8H,3,5H2,1-2H3,(H,20,25)(H2,19,21,22). The van der Waals surface area contributed by atoms with Gasteiger partial charge in [-0.3, -0.25) is 9.59 Å². The molecule has 14 heteroatoms. The van der Waals surface area contributed by atoms with Gasteiger partial charge in [0.25, 0.3) is 0 Å². The number of Topliss-reactive ketones (excluding diaryl/α,β-unsaturated/α-hetero) is 1. The summed E-state index contributed by atoms with van der Waals surface area (Å²) in [7, 11) is 0.904. The van der Waals surface area contributed by atoms with E-state index < -0.39 is 36.3 Å². The van der Waals surface area contributed by atoms with Crippen LogP contribution in [0.3, 0.4) is 0 Å². The van der Waals surface area contributed by atoms with Gasteiger partial charge in [0.15, 0.2) is 0 Å². The van der Waals surface area contributed by atoms with Gasteiger partial charge in [-0.25, -0.2) is 14.8 Å². The van der Waals surface area contributed by atoms with Crippen LogP contribution in [0.1, 0.15) is 12.0 Å². The maximum Gasteiger partial charge on any atom is 0.471 e. The highest BCUT2D eigenvalue weighted by Gasteiger charge is 2.41. The Balaban J connectivity index is 2.87. The number of ketones is 1. The number of thioether (sulfide) groups is 2. The number of carbonyl (C=O) groups is 3.